The molecule has 0 aliphatic rings. The van der Waals surface area contributed by atoms with Crippen molar-refractivity contribution in [2.45, 2.75) is 19.8 Å². The second kappa shape index (κ2) is 9.96. The van der Waals surface area contributed by atoms with Gasteiger partial charge in [-0.2, -0.15) is 8.42 Å². The van der Waals surface area contributed by atoms with Crippen LogP contribution in [-0.4, -0.2) is 32.3 Å². The van der Waals surface area contributed by atoms with Crippen LogP contribution in [0.2, 0.25) is 0 Å². The summed E-state index contributed by atoms with van der Waals surface area (Å²) in [6.07, 6.45) is 0. The van der Waals surface area contributed by atoms with Crippen LogP contribution in [0.25, 0.3) is 0 Å². The minimum absolute atomic E-state index is 0.377. The number of aryl methyl sites for hydroxylation is 2. The van der Waals surface area contributed by atoms with E-state index in [2.05, 4.69) is 5.32 Å². The Hall–Kier alpha value is -2.87. The quantitative estimate of drug-likeness (QED) is 0.451. The molecule has 3 aromatic rings. The Labute approximate surface area is 183 Å². The summed E-state index contributed by atoms with van der Waals surface area (Å²) in [5, 5.41) is 2.98. The van der Waals surface area contributed by atoms with Crippen molar-refractivity contribution in [3.63, 3.8) is 0 Å². The fourth-order valence-electron chi connectivity index (χ4n) is 3.18. The number of ether oxygens (including phenoxy) is 2. The zero-order valence-electron chi connectivity index (χ0n) is 17.8. The first-order valence-corrected chi connectivity index (χ1v) is 11.6. The molecular formula is C24H27NO5S. The second-order valence-corrected chi connectivity index (χ2v) is 9.04. The van der Waals surface area contributed by atoms with Crippen LogP contribution in [-0.2, 0) is 10.1 Å². The molecule has 0 heterocycles. The van der Waals surface area contributed by atoms with Crippen LogP contribution < -0.4 is 14.8 Å². The van der Waals surface area contributed by atoms with Crippen molar-refractivity contribution in [2.24, 2.45) is 0 Å². The first-order chi connectivity index (χ1) is 14.7. The average Bonchev–Trinajstić information content (AvgIpc) is 2.71. The van der Waals surface area contributed by atoms with Crippen LogP contribution in [0.4, 0.5) is 0 Å². The Morgan fingerprint density at radius 2 is 1.35 bits per heavy atom. The molecule has 2 N–H and O–H groups in total. The van der Waals surface area contributed by atoms with Crippen LogP contribution in [0.15, 0.2) is 66.7 Å². The summed E-state index contributed by atoms with van der Waals surface area (Å²) in [5.74, 6) is 1.42. The summed E-state index contributed by atoms with van der Waals surface area (Å²) in [7, 11) is -2.41. The van der Waals surface area contributed by atoms with Gasteiger partial charge in [-0.25, -0.2) is 0 Å². The van der Waals surface area contributed by atoms with E-state index in [0.29, 0.717) is 35.1 Å². The summed E-state index contributed by atoms with van der Waals surface area (Å²) in [5.41, 5.74) is 2.95. The Bertz CT molecular complexity index is 1110. The molecule has 0 fully saturated rings. The molecule has 1 atom stereocenters. The van der Waals surface area contributed by atoms with E-state index in [1.54, 1.807) is 25.2 Å². The summed E-state index contributed by atoms with van der Waals surface area (Å²) in [4.78, 5) is 0. The maximum atomic E-state index is 11.5. The van der Waals surface area contributed by atoms with Gasteiger partial charge in [-0.3, -0.25) is 4.55 Å². The normalized spacial score (nSPS) is 12.4. The van der Waals surface area contributed by atoms with E-state index < -0.39 is 21.8 Å². The molecule has 7 heteroatoms. The van der Waals surface area contributed by atoms with Crippen molar-refractivity contribution in [1.82, 2.24) is 5.32 Å². The van der Waals surface area contributed by atoms with Crippen molar-refractivity contribution in [3.05, 3.63) is 83.4 Å². The van der Waals surface area contributed by atoms with Crippen molar-refractivity contribution in [1.29, 1.82) is 0 Å². The van der Waals surface area contributed by atoms with Crippen molar-refractivity contribution >= 4 is 10.1 Å². The fraction of sp³-hybridized carbons (Fsp3) is 0.250. The largest absolute Gasteiger partial charge is 0.453 e. The van der Waals surface area contributed by atoms with Crippen molar-refractivity contribution < 1.29 is 22.4 Å². The molecule has 0 saturated carbocycles. The van der Waals surface area contributed by atoms with Gasteiger partial charge in [-0.15, -0.1) is 0 Å². The van der Waals surface area contributed by atoms with Crippen LogP contribution in [0.1, 0.15) is 22.6 Å². The predicted molar refractivity (Wildman–Crippen MR) is 122 cm³/mol. The Morgan fingerprint density at radius 3 is 1.84 bits per heavy atom. The molecule has 3 aromatic carbocycles. The van der Waals surface area contributed by atoms with Gasteiger partial charge < -0.3 is 14.8 Å². The maximum absolute atomic E-state index is 11.5. The number of benzene rings is 3. The summed E-state index contributed by atoms with van der Waals surface area (Å²) in [6, 6.07) is 20.6. The summed E-state index contributed by atoms with van der Waals surface area (Å²) < 4.78 is 44.5. The highest BCUT2D eigenvalue weighted by atomic mass is 32.2. The molecule has 31 heavy (non-hydrogen) atoms. The fourth-order valence-corrected chi connectivity index (χ4v) is 4.00. The smallest absolute Gasteiger partial charge is 0.265 e. The number of rotatable bonds is 9. The zero-order valence-corrected chi connectivity index (χ0v) is 18.6. The molecule has 3 rings (SSSR count). The highest BCUT2D eigenvalue weighted by Gasteiger charge is 2.21. The Kier molecular flexibility index (Phi) is 7.33. The van der Waals surface area contributed by atoms with Gasteiger partial charge in [0.05, 0.1) is 5.75 Å². The lowest BCUT2D eigenvalue weighted by molar-refractivity contribution is 0.417. The van der Waals surface area contributed by atoms with Crippen LogP contribution in [0.3, 0.4) is 0 Å². The summed E-state index contributed by atoms with van der Waals surface area (Å²) >= 11 is 0. The number of hydrogen-bond acceptors (Lipinski definition) is 5. The third-order valence-corrected chi connectivity index (χ3v) is 5.62. The van der Waals surface area contributed by atoms with Crippen LogP contribution in [0, 0.1) is 13.8 Å². The van der Waals surface area contributed by atoms with Crippen LogP contribution in [0.5, 0.6) is 23.0 Å². The van der Waals surface area contributed by atoms with E-state index in [9.17, 15) is 13.0 Å². The van der Waals surface area contributed by atoms with Gasteiger partial charge in [0.2, 0.25) is 0 Å². The topological polar surface area (TPSA) is 84.9 Å². The molecule has 0 bridgehead atoms. The maximum Gasteiger partial charge on any atom is 0.265 e. The molecule has 0 spiro atoms. The Balaban J connectivity index is 1.98. The van der Waals surface area contributed by atoms with Crippen molar-refractivity contribution in [2.75, 3.05) is 19.3 Å². The lowest BCUT2D eigenvalue weighted by atomic mass is 10.0. The first kappa shape index (κ1) is 22.8. The lowest BCUT2D eigenvalue weighted by Gasteiger charge is -2.19. The molecular weight excluding hydrogens is 414 g/mol. The van der Waals surface area contributed by atoms with Crippen LogP contribution >= 0.6 is 0 Å². The monoisotopic (exact) mass is 441 g/mol. The minimum atomic E-state index is -4.15. The van der Waals surface area contributed by atoms with Gasteiger partial charge in [0.1, 0.15) is 11.5 Å². The molecule has 1 unspecified atom stereocenters. The van der Waals surface area contributed by atoms with Gasteiger partial charge in [-0.1, -0.05) is 41.5 Å². The van der Waals surface area contributed by atoms with E-state index >= 15 is 0 Å². The van der Waals surface area contributed by atoms with E-state index in [0.717, 1.165) is 11.1 Å². The number of nitrogens with one attached hydrogen (secondary N) is 1. The van der Waals surface area contributed by atoms with Gasteiger partial charge in [0.15, 0.2) is 11.5 Å². The van der Waals surface area contributed by atoms with E-state index in [-0.39, 0.29) is 0 Å². The molecule has 164 valence electrons. The van der Waals surface area contributed by atoms with Crippen molar-refractivity contribution in [3.8, 4) is 23.0 Å². The average molecular weight is 442 g/mol. The highest BCUT2D eigenvalue weighted by Crippen LogP contribution is 2.37. The van der Waals surface area contributed by atoms with E-state index in [4.69, 9.17) is 9.47 Å². The third kappa shape index (κ3) is 6.82. The number of likely N-dealkylation sites (N-methyl/N-ethyl adjacent to an activating group) is 1. The molecule has 0 aromatic heterocycles. The highest BCUT2D eigenvalue weighted by molar-refractivity contribution is 7.85. The molecule has 0 amide bonds. The third-order valence-electron chi connectivity index (χ3n) is 4.80. The number of hydrogen-bond donors (Lipinski definition) is 2. The molecule has 6 nitrogen and oxygen atoms in total. The zero-order chi connectivity index (χ0) is 22.4. The van der Waals surface area contributed by atoms with Gasteiger partial charge in [0.25, 0.3) is 10.1 Å². The van der Waals surface area contributed by atoms with Gasteiger partial charge >= 0.3 is 0 Å². The van der Waals surface area contributed by atoms with Gasteiger partial charge in [-0.05, 0) is 62.9 Å². The standard InChI is InChI=1S/C24H27NO5S/c1-17-4-9-21(10-5-17)29-23-13-8-19(20(15-25-3)16-31(26,27)28)14-24(23)30-22-11-6-18(2)7-12-22/h4-14,20,25H,15-16H2,1-3H3,(H,26,27,28). The minimum Gasteiger partial charge on any atom is -0.453 e. The first-order valence-electron chi connectivity index (χ1n) is 9.96. The SMILES string of the molecule is CNCC(CS(=O)(=O)O)c1ccc(Oc2ccc(C)cc2)c(Oc2ccc(C)cc2)c1. The lowest BCUT2D eigenvalue weighted by Crippen LogP contribution is -2.24. The predicted octanol–water partition coefficient (Wildman–Crippen LogP) is 5.08. The molecule has 0 aliphatic heterocycles. The molecule has 0 saturated heterocycles. The van der Waals surface area contributed by atoms with Gasteiger partial charge in [0, 0.05) is 12.5 Å². The Morgan fingerprint density at radius 1 is 0.839 bits per heavy atom. The molecule has 0 radical (unpaired) electrons. The molecule has 0 aliphatic carbocycles. The summed E-state index contributed by atoms with van der Waals surface area (Å²) in [6.45, 7) is 4.37. The van der Waals surface area contributed by atoms with E-state index in [1.807, 2.05) is 62.4 Å². The van der Waals surface area contributed by atoms with E-state index in [1.165, 1.54) is 0 Å². The second-order valence-electron chi connectivity index (χ2n) is 7.54.